The summed E-state index contributed by atoms with van der Waals surface area (Å²) in [5, 5.41) is 7.36. The smallest absolute Gasteiger partial charge is 0.230 e. The van der Waals surface area contributed by atoms with Crippen LogP contribution in [0.4, 0.5) is 11.9 Å². The zero-order chi connectivity index (χ0) is 12.6. The molecule has 0 spiro atoms. The van der Waals surface area contributed by atoms with Gasteiger partial charge in [0.1, 0.15) is 0 Å². The minimum atomic E-state index is 0.391. The van der Waals surface area contributed by atoms with Gasteiger partial charge < -0.3 is 10.2 Å². The number of anilines is 2. The van der Waals surface area contributed by atoms with E-state index in [9.17, 15) is 0 Å². The van der Waals surface area contributed by atoms with Gasteiger partial charge in [0.25, 0.3) is 0 Å². The van der Waals surface area contributed by atoms with E-state index in [0.29, 0.717) is 17.8 Å². The molecular formula is C11H18N6. The van der Waals surface area contributed by atoms with E-state index in [0.717, 1.165) is 11.2 Å². The molecule has 0 fully saturated rings. The molecule has 0 amide bonds. The normalized spacial score (nSPS) is 11.2. The summed E-state index contributed by atoms with van der Waals surface area (Å²) >= 11 is 0. The third-order valence-corrected chi connectivity index (χ3v) is 2.63. The van der Waals surface area contributed by atoms with Crippen molar-refractivity contribution in [2.75, 3.05) is 31.4 Å². The summed E-state index contributed by atoms with van der Waals surface area (Å²) < 4.78 is 1.74. The van der Waals surface area contributed by atoms with Crippen LogP contribution in [0.15, 0.2) is 6.20 Å². The zero-order valence-electron chi connectivity index (χ0n) is 10.9. The summed E-state index contributed by atoms with van der Waals surface area (Å²) in [6.07, 6.45) is 1.86. The lowest BCUT2D eigenvalue weighted by molar-refractivity contribution is 0.862. The fraction of sp³-hybridized carbons (Fsp3) is 0.545. The zero-order valence-corrected chi connectivity index (χ0v) is 10.9. The molecule has 0 aromatic carbocycles. The molecule has 2 heterocycles. The van der Waals surface area contributed by atoms with E-state index in [1.807, 2.05) is 32.2 Å². The highest BCUT2D eigenvalue weighted by Gasteiger charge is 2.14. The van der Waals surface area contributed by atoms with E-state index < -0.39 is 0 Å². The number of rotatable bonds is 3. The van der Waals surface area contributed by atoms with Crippen molar-refractivity contribution >= 4 is 17.5 Å². The summed E-state index contributed by atoms with van der Waals surface area (Å²) in [6, 6.07) is 0. The third kappa shape index (κ3) is 1.90. The van der Waals surface area contributed by atoms with Crippen molar-refractivity contribution in [3.8, 4) is 0 Å². The molecule has 0 saturated carbocycles. The average Bonchev–Trinajstić information content (AvgIpc) is 2.70. The number of nitrogens with zero attached hydrogens (tertiary/aromatic N) is 5. The predicted molar refractivity (Wildman–Crippen MR) is 68.7 cm³/mol. The van der Waals surface area contributed by atoms with Crippen LogP contribution in [0.1, 0.15) is 25.3 Å². The Kier molecular flexibility index (Phi) is 2.87. The van der Waals surface area contributed by atoms with Crippen LogP contribution in [-0.2, 0) is 0 Å². The molecule has 6 heteroatoms. The van der Waals surface area contributed by atoms with Crippen LogP contribution in [0.3, 0.4) is 0 Å². The Morgan fingerprint density at radius 3 is 2.53 bits per heavy atom. The molecule has 17 heavy (non-hydrogen) atoms. The molecule has 0 radical (unpaired) electrons. The van der Waals surface area contributed by atoms with Crippen molar-refractivity contribution in [2.24, 2.45) is 0 Å². The Balaban J connectivity index is 2.72. The van der Waals surface area contributed by atoms with Crippen LogP contribution in [0.25, 0.3) is 5.65 Å². The van der Waals surface area contributed by atoms with Gasteiger partial charge in [-0.2, -0.15) is 19.6 Å². The molecule has 2 aromatic rings. The first-order valence-electron chi connectivity index (χ1n) is 5.65. The van der Waals surface area contributed by atoms with Gasteiger partial charge in [-0.1, -0.05) is 13.8 Å². The third-order valence-electron chi connectivity index (χ3n) is 2.63. The SMILES string of the molecule is CNc1nc(N(C)C)nc2c(C(C)C)cnn12. The van der Waals surface area contributed by atoms with Crippen LogP contribution in [0.2, 0.25) is 0 Å². The quantitative estimate of drug-likeness (QED) is 0.869. The molecule has 0 bridgehead atoms. The summed E-state index contributed by atoms with van der Waals surface area (Å²) in [7, 11) is 5.69. The number of aromatic nitrogens is 4. The summed E-state index contributed by atoms with van der Waals surface area (Å²) in [5.74, 6) is 1.77. The van der Waals surface area contributed by atoms with E-state index in [4.69, 9.17) is 0 Å². The number of fused-ring (bicyclic) bond motifs is 1. The molecule has 0 aliphatic rings. The first-order valence-corrected chi connectivity index (χ1v) is 5.65. The molecule has 6 nitrogen and oxygen atoms in total. The van der Waals surface area contributed by atoms with Gasteiger partial charge in [-0.3, -0.25) is 0 Å². The Labute approximate surface area is 101 Å². The van der Waals surface area contributed by atoms with E-state index in [-0.39, 0.29) is 0 Å². The fourth-order valence-corrected chi connectivity index (χ4v) is 1.65. The molecule has 2 aromatic heterocycles. The highest BCUT2D eigenvalue weighted by atomic mass is 15.4. The van der Waals surface area contributed by atoms with Crippen molar-refractivity contribution < 1.29 is 0 Å². The van der Waals surface area contributed by atoms with Gasteiger partial charge in [0, 0.05) is 26.7 Å². The lowest BCUT2D eigenvalue weighted by atomic mass is 10.1. The number of hydrogen-bond donors (Lipinski definition) is 1. The van der Waals surface area contributed by atoms with E-state index in [1.165, 1.54) is 0 Å². The fourth-order valence-electron chi connectivity index (χ4n) is 1.65. The number of nitrogens with one attached hydrogen (secondary N) is 1. The molecule has 0 atom stereocenters. The second-order valence-corrected chi connectivity index (χ2v) is 4.48. The topological polar surface area (TPSA) is 58.4 Å². The largest absolute Gasteiger partial charge is 0.357 e. The molecule has 1 N–H and O–H groups in total. The van der Waals surface area contributed by atoms with Gasteiger partial charge in [-0.05, 0) is 5.92 Å². The maximum atomic E-state index is 4.54. The molecular weight excluding hydrogens is 216 g/mol. The maximum Gasteiger partial charge on any atom is 0.230 e. The Bertz CT molecular complexity index is 528. The van der Waals surface area contributed by atoms with Crippen molar-refractivity contribution in [3.63, 3.8) is 0 Å². The molecule has 0 aliphatic carbocycles. The Morgan fingerprint density at radius 2 is 2.00 bits per heavy atom. The predicted octanol–water partition coefficient (Wildman–Crippen LogP) is 1.36. The molecule has 0 aliphatic heterocycles. The summed E-state index contributed by atoms with van der Waals surface area (Å²) in [6.45, 7) is 4.26. The molecule has 92 valence electrons. The maximum absolute atomic E-state index is 4.54. The van der Waals surface area contributed by atoms with E-state index in [1.54, 1.807) is 4.52 Å². The highest BCUT2D eigenvalue weighted by Crippen LogP contribution is 2.22. The van der Waals surface area contributed by atoms with Crippen molar-refractivity contribution in [3.05, 3.63) is 11.8 Å². The van der Waals surface area contributed by atoms with Crippen molar-refractivity contribution in [1.29, 1.82) is 0 Å². The van der Waals surface area contributed by atoms with Crippen LogP contribution in [0, 0.1) is 0 Å². The number of hydrogen-bond acceptors (Lipinski definition) is 5. The standard InChI is InChI=1S/C11H18N6/c1-7(2)8-6-13-17-9(8)14-11(16(4)5)15-10(17)12-3/h6-7H,1-5H3,(H,12,14,15). The van der Waals surface area contributed by atoms with Gasteiger partial charge in [-0.15, -0.1) is 0 Å². The van der Waals surface area contributed by atoms with Gasteiger partial charge in [0.2, 0.25) is 11.9 Å². The molecule has 2 rings (SSSR count). The van der Waals surface area contributed by atoms with Crippen LogP contribution < -0.4 is 10.2 Å². The van der Waals surface area contributed by atoms with Crippen LogP contribution in [-0.4, -0.2) is 40.7 Å². The van der Waals surface area contributed by atoms with Crippen molar-refractivity contribution in [1.82, 2.24) is 19.6 Å². The Hall–Kier alpha value is -1.85. The van der Waals surface area contributed by atoms with Gasteiger partial charge in [0.15, 0.2) is 5.65 Å². The van der Waals surface area contributed by atoms with Gasteiger partial charge in [0.05, 0.1) is 6.20 Å². The monoisotopic (exact) mass is 234 g/mol. The lowest BCUT2D eigenvalue weighted by Crippen LogP contribution is -2.16. The van der Waals surface area contributed by atoms with E-state index in [2.05, 4.69) is 34.2 Å². The summed E-state index contributed by atoms with van der Waals surface area (Å²) in [4.78, 5) is 10.8. The second kappa shape index (κ2) is 4.20. The minimum absolute atomic E-state index is 0.391. The van der Waals surface area contributed by atoms with Gasteiger partial charge in [-0.25, -0.2) is 0 Å². The highest BCUT2D eigenvalue weighted by molar-refractivity contribution is 5.55. The molecule has 0 saturated heterocycles. The van der Waals surface area contributed by atoms with Crippen LogP contribution in [0.5, 0.6) is 0 Å². The van der Waals surface area contributed by atoms with Gasteiger partial charge >= 0.3 is 0 Å². The lowest BCUT2D eigenvalue weighted by Gasteiger charge is -2.13. The average molecular weight is 234 g/mol. The molecule has 0 unspecified atom stereocenters. The second-order valence-electron chi connectivity index (χ2n) is 4.48. The minimum Gasteiger partial charge on any atom is -0.357 e. The van der Waals surface area contributed by atoms with Crippen molar-refractivity contribution in [2.45, 2.75) is 19.8 Å². The summed E-state index contributed by atoms with van der Waals surface area (Å²) in [5.41, 5.74) is 2.00. The Morgan fingerprint density at radius 1 is 1.29 bits per heavy atom. The first-order chi connectivity index (χ1) is 8.04. The van der Waals surface area contributed by atoms with E-state index >= 15 is 0 Å². The first kappa shape index (κ1) is 11.6. The van der Waals surface area contributed by atoms with Crippen LogP contribution >= 0.6 is 0 Å².